The van der Waals surface area contributed by atoms with Gasteiger partial charge in [0.1, 0.15) is 6.33 Å². The van der Waals surface area contributed by atoms with Crippen LogP contribution in [0.3, 0.4) is 0 Å². The predicted molar refractivity (Wildman–Crippen MR) is 63.0 cm³/mol. The lowest BCUT2D eigenvalue weighted by molar-refractivity contribution is 0.196. The number of thioether (sulfide) groups is 1. The van der Waals surface area contributed by atoms with Crippen molar-refractivity contribution in [3.8, 4) is 0 Å². The lowest BCUT2D eigenvalue weighted by Crippen LogP contribution is -2.15. The van der Waals surface area contributed by atoms with E-state index in [1.54, 1.807) is 25.0 Å². The first-order chi connectivity index (χ1) is 7.13. The zero-order chi connectivity index (χ0) is 11.3. The fraction of sp³-hybridized carbons (Fsp3) is 0.636. The Kier molecular flexibility index (Phi) is 5.05. The number of aromatic nitrogens is 2. The number of hydrogen-bond donors (Lipinski definition) is 1. The molecule has 3 nitrogen and oxygen atoms in total. The summed E-state index contributed by atoms with van der Waals surface area (Å²) in [4.78, 5) is 8.38. The van der Waals surface area contributed by atoms with Gasteiger partial charge in [0.15, 0.2) is 0 Å². The van der Waals surface area contributed by atoms with Crippen molar-refractivity contribution in [2.75, 3.05) is 0 Å². The molecule has 84 valence electrons. The van der Waals surface area contributed by atoms with Crippen LogP contribution in [0.25, 0.3) is 0 Å². The lowest BCUT2D eigenvalue weighted by atomic mass is 10.2. The van der Waals surface area contributed by atoms with Crippen molar-refractivity contribution in [1.29, 1.82) is 0 Å². The Hall–Kier alpha value is -0.610. The summed E-state index contributed by atoms with van der Waals surface area (Å²) in [5.74, 6) is 0. The molecule has 0 bridgehead atoms. The minimum absolute atomic E-state index is 0.161. The Morgan fingerprint density at radius 2 is 2.13 bits per heavy atom. The fourth-order valence-corrected chi connectivity index (χ4v) is 2.01. The van der Waals surface area contributed by atoms with E-state index in [1.165, 1.54) is 0 Å². The van der Waals surface area contributed by atoms with E-state index < -0.39 is 0 Å². The van der Waals surface area contributed by atoms with Crippen LogP contribution in [0.5, 0.6) is 0 Å². The molecular formula is C11H18N2OS. The molecule has 0 spiro atoms. The normalized spacial score (nSPS) is 14.9. The molecule has 0 aromatic carbocycles. The Labute approximate surface area is 95.3 Å². The largest absolute Gasteiger partial charge is 0.392 e. The highest BCUT2D eigenvalue weighted by Gasteiger charge is 2.11. The molecule has 1 heterocycles. The van der Waals surface area contributed by atoms with Crippen LogP contribution >= 0.6 is 11.8 Å². The summed E-state index contributed by atoms with van der Waals surface area (Å²) in [6.45, 7) is 5.93. The highest BCUT2D eigenvalue weighted by atomic mass is 32.2. The van der Waals surface area contributed by atoms with Crippen molar-refractivity contribution in [2.45, 2.75) is 50.0 Å². The summed E-state index contributed by atoms with van der Waals surface area (Å²) in [7, 11) is 0. The first-order valence-electron chi connectivity index (χ1n) is 5.29. The third kappa shape index (κ3) is 4.18. The molecule has 2 atom stereocenters. The summed E-state index contributed by atoms with van der Waals surface area (Å²) >= 11 is 1.59. The second-order valence-electron chi connectivity index (χ2n) is 3.66. The van der Waals surface area contributed by atoms with Gasteiger partial charge in [-0.25, -0.2) is 9.97 Å². The zero-order valence-electron chi connectivity index (χ0n) is 9.47. The molecule has 1 aromatic heterocycles. The van der Waals surface area contributed by atoms with Crippen molar-refractivity contribution in [2.24, 2.45) is 0 Å². The lowest BCUT2D eigenvalue weighted by Gasteiger charge is -2.13. The molecule has 0 fully saturated rings. The number of hydrogen-bond acceptors (Lipinski definition) is 4. The Bertz CT molecular complexity index is 304. The molecular weight excluding hydrogens is 208 g/mol. The molecule has 1 N–H and O–H groups in total. The quantitative estimate of drug-likeness (QED) is 0.618. The van der Waals surface area contributed by atoms with Gasteiger partial charge >= 0.3 is 0 Å². The number of rotatable bonds is 5. The topological polar surface area (TPSA) is 46.0 Å². The van der Waals surface area contributed by atoms with Crippen LogP contribution in [-0.2, 0) is 6.42 Å². The molecule has 1 rings (SSSR count). The zero-order valence-corrected chi connectivity index (χ0v) is 10.3. The van der Waals surface area contributed by atoms with E-state index in [0.29, 0.717) is 0 Å². The first-order valence-corrected chi connectivity index (χ1v) is 6.17. The van der Waals surface area contributed by atoms with Crippen molar-refractivity contribution in [3.63, 3.8) is 0 Å². The molecule has 1 aromatic rings. The molecule has 0 aliphatic rings. The van der Waals surface area contributed by atoms with E-state index in [1.807, 2.05) is 13.0 Å². The SMILES string of the molecule is CCCc1cc(SC(C)C(C)O)ncn1. The van der Waals surface area contributed by atoms with Gasteiger partial charge in [-0.2, -0.15) is 0 Å². The molecule has 0 saturated carbocycles. The molecule has 15 heavy (non-hydrogen) atoms. The van der Waals surface area contributed by atoms with Gasteiger partial charge in [0.25, 0.3) is 0 Å². The van der Waals surface area contributed by atoms with Crippen LogP contribution in [-0.4, -0.2) is 26.4 Å². The van der Waals surface area contributed by atoms with Gasteiger partial charge in [-0.05, 0) is 19.4 Å². The van der Waals surface area contributed by atoms with E-state index in [9.17, 15) is 5.11 Å². The Morgan fingerprint density at radius 1 is 1.40 bits per heavy atom. The molecule has 4 heteroatoms. The van der Waals surface area contributed by atoms with Crippen molar-refractivity contribution in [3.05, 3.63) is 18.1 Å². The van der Waals surface area contributed by atoms with Gasteiger partial charge in [0.05, 0.1) is 11.1 Å². The first kappa shape index (κ1) is 12.5. The van der Waals surface area contributed by atoms with Crippen LogP contribution in [0.1, 0.15) is 32.9 Å². The molecule has 0 radical (unpaired) electrons. The number of aliphatic hydroxyl groups excluding tert-OH is 1. The summed E-state index contributed by atoms with van der Waals surface area (Å²) in [5, 5.41) is 10.5. The van der Waals surface area contributed by atoms with Crippen LogP contribution in [0.4, 0.5) is 0 Å². The Balaban J connectivity index is 2.64. The highest BCUT2D eigenvalue weighted by Crippen LogP contribution is 2.23. The Morgan fingerprint density at radius 3 is 2.73 bits per heavy atom. The molecule has 0 saturated heterocycles. The van der Waals surface area contributed by atoms with E-state index in [0.717, 1.165) is 23.6 Å². The molecule has 0 aliphatic carbocycles. The summed E-state index contributed by atoms with van der Waals surface area (Å²) in [5.41, 5.74) is 1.08. The minimum atomic E-state index is -0.320. The van der Waals surface area contributed by atoms with Gasteiger partial charge in [-0.3, -0.25) is 0 Å². The van der Waals surface area contributed by atoms with Crippen LogP contribution in [0.2, 0.25) is 0 Å². The van der Waals surface area contributed by atoms with Gasteiger partial charge in [0.2, 0.25) is 0 Å². The highest BCUT2D eigenvalue weighted by molar-refractivity contribution is 7.99. The van der Waals surface area contributed by atoms with E-state index >= 15 is 0 Å². The van der Waals surface area contributed by atoms with Gasteiger partial charge in [0, 0.05) is 10.9 Å². The van der Waals surface area contributed by atoms with Gasteiger partial charge < -0.3 is 5.11 Å². The number of nitrogens with zero attached hydrogens (tertiary/aromatic N) is 2. The third-order valence-electron chi connectivity index (χ3n) is 2.19. The van der Waals surface area contributed by atoms with Crippen LogP contribution in [0.15, 0.2) is 17.4 Å². The fourth-order valence-electron chi connectivity index (χ4n) is 1.12. The molecule has 2 unspecified atom stereocenters. The van der Waals surface area contributed by atoms with Gasteiger partial charge in [-0.15, -0.1) is 11.8 Å². The second-order valence-corrected chi connectivity index (χ2v) is 5.06. The van der Waals surface area contributed by atoms with Crippen LogP contribution < -0.4 is 0 Å². The smallest absolute Gasteiger partial charge is 0.116 e. The van der Waals surface area contributed by atoms with Gasteiger partial charge in [-0.1, -0.05) is 20.3 Å². The molecule has 0 aliphatic heterocycles. The maximum atomic E-state index is 9.39. The van der Waals surface area contributed by atoms with E-state index in [2.05, 4.69) is 16.9 Å². The third-order valence-corrected chi connectivity index (χ3v) is 3.42. The standard InChI is InChI=1S/C11H18N2OS/c1-4-5-10-6-11(13-7-12-10)15-9(3)8(2)14/h6-9,14H,4-5H2,1-3H3. The minimum Gasteiger partial charge on any atom is -0.392 e. The van der Waals surface area contributed by atoms with Crippen molar-refractivity contribution in [1.82, 2.24) is 9.97 Å². The number of aliphatic hydroxyl groups is 1. The number of aryl methyl sites for hydroxylation is 1. The van der Waals surface area contributed by atoms with E-state index in [4.69, 9.17) is 0 Å². The van der Waals surface area contributed by atoms with Crippen molar-refractivity contribution >= 4 is 11.8 Å². The average Bonchev–Trinajstić information content (AvgIpc) is 2.18. The van der Waals surface area contributed by atoms with Crippen LogP contribution in [0, 0.1) is 0 Å². The monoisotopic (exact) mass is 226 g/mol. The maximum Gasteiger partial charge on any atom is 0.116 e. The summed E-state index contributed by atoms with van der Waals surface area (Å²) < 4.78 is 0. The second kappa shape index (κ2) is 6.08. The summed E-state index contributed by atoms with van der Waals surface area (Å²) in [6, 6.07) is 2.01. The van der Waals surface area contributed by atoms with E-state index in [-0.39, 0.29) is 11.4 Å². The summed E-state index contributed by atoms with van der Waals surface area (Å²) in [6.07, 6.45) is 3.36. The maximum absolute atomic E-state index is 9.39. The predicted octanol–water partition coefficient (Wildman–Crippen LogP) is 2.29. The van der Waals surface area contributed by atoms with Crippen molar-refractivity contribution < 1.29 is 5.11 Å². The molecule has 0 amide bonds. The average molecular weight is 226 g/mol.